The van der Waals surface area contributed by atoms with Crippen molar-refractivity contribution in [2.45, 2.75) is 12.8 Å². The molecule has 0 saturated carbocycles. The van der Waals surface area contributed by atoms with Crippen LogP contribution in [0.2, 0.25) is 0 Å². The van der Waals surface area contributed by atoms with E-state index in [1.807, 2.05) is 24.3 Å². The molecule has 21 heavy (non-hydrogen) atoms. The Morgan fingerprint density at radius 2 is 1.24 bits per heavy atom. The van der Waals surface area contributed by atoms with Crippen molar-refractivity contribution in [3.8, 4) is 11.5 Å². The summed E-state index contributed by atoms with van der Waals surface area (Å²) in [5.41, 5.74) is 3.28. The highest BCUT2D eigenvalue weighted by Gasteiger charge is 2.24. The van der Waals surface area contributed by atoms with Crippen LogP contribution in [0.1, 0.15) is 11.1 Å². The Morgan fingerprint density at radius 3 is 1.71 bits per heavy atom. The molecule has 0 radical (unpaired) electrons. The van der Waals surface area contributed by atoms with Crippen molar-refractivity contribution in [2.24, 2.45) is 0 Å². The molecule has 2 aliphatic rings. The lowest BCUT2D eigenvalue weighted by Crippen LogP contribution is -2.05. The second kappa shape index (κ2) is 4.34. The van der Waals surface area contributed by atoms with Crippen LogP contribution in [-0.4, -0.2) is 11.8 Å². The molecule has 0 aliphatic carbocycles. The number of ether oxygens (including phenoxy) is 1. The number of carbonyl (C=O) groups excluding carboxylic acids is 2. The van der Waals surface area contributed by atoms with Crippen molar-refractivity contribution in [3.05, 3.63) is 47.5 Å². The highest BCUT2D eigenvalue weighted by molar-refractivity contribution is 6.02. The minimum absolute atomic E-state index is 0.0346. The SMILES string of the molecule is O=C1Cc2cccc(Oc3cccc4c3NC(=O)C4)c2N1. The summed E-state index contributed by atoms with van der Waals surface area (Å²) in [5, 5.41) is 5.62. The Labute approximate surface area is 120 Å². The topological polar surface area (TPSA) is 67.4 Å². The summed E-state index contributed by atoms with van der Waals surface area (Å²) in [6, 6.07) is 11.1. The summed E-state index contributed by atoms with van der Waals surface area (Å²) in [5.74, 6) is 1.11. The Bertz CT molecular complexity index is 718. The fourth-order valence-corrected chi connectivity index (χ4v) is 2.73. The van der Waals surface area contributed by atoms with E-state index in [1.165, 1.54) is 0 Å². The highest BCUT2D eigenvalue weighted by Crippen LogP contribution is 2.40. The van der Waals surface area contributed by atoms with Gasteiger partial charge in [0.1, 0.15) is 0 Å². The Morgan fingerprint density at radius 1 is 0.762 bits per heavy atom. The molecule has 2 N–H and O–H groups in total. The molecule has 2 aromatic carbocycles. The predicted molar refractivity (Wildman–Crippen MR) is 77.6 cm³/mol. The normalized spacial score (nSPS) is 15.2. The van der Waals surface area contributed by atoms with Crippen LogP contribution in [0.4, 0.5) is 11.4 Å². The van der Waals surface area contributed by atoms with Crippen molar-refractivity contribution >= 4 is 23.2 Å². The van der Waals surface area contributed by atoms with E-state index < -0.39 is 0 Å². The van der Waals surface area contributed by atoms with E-state index in [-0.39, 0.29) is 11.8 Å². The monoisotopic (exact) mass is 280 g/mol. The Kier molecular flexibility index (Phi) is 2.47. The molecule has 0 atom stereocenters. The van der Waals surface area contributed by atoms with E-state index in [0.717, 1.165) is 11.1 Å². The van der Waals surface area contributed by atoms with Crippen LogP contribution >= 0.6 is 0 Å². The van der Waals surface area contributed by atoms with Gasteiger partial charge in [-0.25, -0.2) is 0 Å². The van der Waals surface area contributed by atoms with Gasteiger partial charge in [-0.05, 0) is 23.3 Å². The first kappa shape index (κ1) is 12.0. The second-order valence-corrected chi connectivity index (χ2v) is 5.13. The van der Waals surface area contributed by atoms with Crippen molar-refractivity contribution in [1.82, 2.24) is 0 Å². The number of carbonyl (C=O) groups is 2. The van der Waals surface area contributed by atoms with E-state index in [1.54, 1.807) is 12.1 Å². The fourth-order valence-electron chi connectivity index (χ4n) is 2.73. The molecule has 0 saturated heterocycles. The van der Waals surface area contributed by atoms with Crippen LogP contribution in [-0.2, 0) is 22.4 Å². The molecule has 104 valence electrons. The highest BCUT2D eigenvalue weighted by atomic mass is 16.5. The number of benzene rings is 2. The number of rotatable bonds is 2. The van der Waals surface area contributed by atoms with Gasteiger partial charge in [-0.1, -0.05) is 24.3 Å². The van der Waals surface area contributed by atoms with Crippen LogP contribution < -0.4 is 15.4 Å². The number of hydrogen-bond acceptors (Lipinski definition) is 3. The average Bonchev–Trinajstić information content (AvgIpc) is 3.01. The first-order valence-electron chi connectivity index (χ1n) is 6.72. The molecule has 5 heteroatoms. The molecular weight excluding hydrogens is 268 g/mol. The molecule has 2 amide bonds. The third kappa shape index (κ3) is 1.94. The van der Waals surface area contributed by atoms with Gasteiger partial charge in [-0.2, -0.15) is 0 Å². The zero-order chi connectivity index (χ0) is 14.4. The molecule has 0 spiro atoms. The van der Waals surface area contributed by atoms with Gasteiger partial charge in [0.05, 0.1) is 24.2 Å². The largest absolute Gasteiger partial charge is 0.453 e. The molecule has 0 bridgehead atoms. The molecule has 2 heterocycles. The number of nitrogens with one attached hydrogen (secondary N) is 2. The zero-order valence-electron chi connectivity index (χ0n) is 11.1. The molecule has 5 nitrogen and oxygen atoms in total. The first-order chi connectivity index (χ1) is 10.2. The number of amides is 2. The average molecular weight is 280 g/mol. The smallest absolute Gasteiger partial charge is 0.228 e. The van der Waals surface area contributed by atoms with Gasteiger partial charge >= 0.3 is 0 Å². The Balaban J connectivity index is 1.73. The number of anilines is 2. The summed E-state index contributed by atoms with van der Waals surface area (Å²) in [6.45, 7) is 0. The van der Waals surface area contributed by atoms with Crippen LogP contribution in [0.15, 0.2) is 36.4 Å². The van der Waals surface area contributed by atoms with Crippen molar-refractivity contribution in [2.75, 3.05) is 10.6 Å². The van der Waals surface area contributed by atoms with Gasteiger partial charge < -0.3 is 15.4 Å². The number of para-hydroxylation sites is 2. The third-order valence-corrected chi connectivity index (χ3v) is 3.68. The van der Waals surface area contributed by atoms with Crippen molar-refractivity contribution in [3.63, 3.8) is 0 Å². The maximum absolute atomic E-state index is 11.5. The van der Waals surface area contributed by atoms with E-state index in [9.17, 15) is 9.59 Å². The summed E-state index contributed by atoms with van der Waals surface area (Å²) in [7, 11) is 0. The van der Waals surface area contributed by atoms with Gasteiger partial charge in [0, 0.05) is 0 Å². The molecule has 2 aromatic rings. The van der Waals surface area contributed by atoms with Crippen molar-refractivity contribution < 1.29 is 14.3 Å². The van der Waals surface area contributed by atoms with Gasteiger partial charge in [-0.3, -0.25) is 9.59 Å². The first-order valence-corrected chi connectivity index (χ1v) is 6.72. The maximum Gasteiger partial charge on any atom is 0.228 e. The summed E-state index contributed by atoms with van der Waals surface area (Å²) < 4.78 is 5.93. The van der Waals surface area contributed by atoms with Crippen LogP contribution in [0.5, 0.6) is 11.5 Å². The lowest BCUT2D eigenvalue weighted by molar-refractivity contribution is -0.115. The Hall–Kier alpha value is -2.82. The van der Waals surface area contributed by atoms with Crippen LogP contribution in [0.25, 0.3) is 0 Å². The van der Waals surface area contributed by atoms with Gasteiger partial charge in [0.2, 0.25) is 11.8 Å². The van der Waals surface area contributed by atoms with Gasteiger partial charge in [-0.15, -0.1) is 0 Å². The van der Waals surface area contributed by atoms with Crippen LogP contribution in [0, 0.1) is 0 Å². The lowest BCUT2D eigenvalue weighted by Gasteiger charge is -2.12. The summed E-state index contributed by atoms with van der Waals surface area (Å²) >= 11 is 0. The zero-order valence-corrected chi connectivity index (χ0v) is 11.1. The standard InChI is InChI=1S/C16H12N2O3/c19-13-7-9-3-1-5-11(15(9)17-13)21-12-6-2-4-10-8-14(20)18-16(10)12/h1-6H,7-8H2,(H,17,19)(H,18,20). The van der Waals surface area contributed by atoms with E-state index in [4.69, 9.17) is 4.74 Å². The van der Waals surface area contributed by atoms with Crippen molar-refractivity contribution in [1.29, 1.82) is 0 Å². The maximum atomic E-state index is 11.5. The molecule has 2 aliphatic heterocycles. The fraction of sp³-hybridized carbons (Fsp3) is 0.125. The predicted octanol–water partition coefficient (Wildman–Crippen LogP) is 2.47. The summed E-state index contributed by atoms with van der Waals surface area (Å²) in [6.07, 6.45) is 0.742. The quantitative estimate of drug-likeness (QED) is 0.888. The van der Waals surface area contributed by atoms with E-state index in [0.29, 0.717) is 35.7 Å². The van der Waals surface area contributed by atoms with Gasteiger partial charge in [0.15, 0.2) is 11.5 Å². The van der Waals surface area contributed by atoms with Gasteiger partial charge in [0.25, 0.3) is 0 Å². The third-order valence-electron chi connectivity index (χ3n) is 3.68. The van der Waals surface area contributed by atoms with Crippen LogP contribution in [0.3, 0.4) is 0 Å². The molecule has 0 fully saturated rings. The number of hydrogen-bond donors (Lipinski definition) is 2. The summed E-state index contributed by atoms with van der Waals surface area (Å²) in [4.78, 5) is 23.0. The molecule has 0 unspecified atom stereocenters. The number of fused-ring (bicyclic) bond motifs is 2. The molecule has 0 aromatic heterocycles. The minimum Gasteiger partial charge on any atom is -0.453 e. The van der Waals surface area contributed by atoms with E-state index in [2.05, 4.69) is 10.6 Å². The second-order valence-electron chi connectivity index (χ2n) is 5.13. The van der Waals surface area contributed by atoms with E-state index >= 15 is 0 Å². The minimum atomic E-state index is -0.0346. The molecular formula is C16H12N2O3. The molecule has 4 rings (SSSR count). The lowest BCUT2D eigenvalue weighted by atomic mass is 10.1.